The molecule has 102 valence electrons. The summed E-state index contributed by atoms with van der Waals surface area (Å²) in [6, 6.07) is 5.61. The fourth-order valence-corrected chi connectivity index (χ4v) is 3.55. The maximum absolute atomic E-state index is 12.6. The Bertz CT molecular complexity index is 596. The van der Waals surface area contributed by atoms with Crippen LogP contribution in [0.5, 0.6) is 0 Å². The molecule has 1 fully saturated rings. The highest BCUT2D eigenvalue weighted by atomic mass is 32.2. The van der Waals surface area contributed by atoms with Crippen molar-refractivity contribution in [2.24, 2.45) is 11.0 Å². The Balaban J connectivity index is 1.89. The fourth-order valence-electron chi connectivity index (χ4n) is 1.81. The van der Waals surface area contributed by atoms with E-state index >= 15 is 0 Å². The first-order chi connectivity index (χ1) is 8.96. The van der Waals surface area contributed by atoms with Crippen LogP contribution in [-0.4, -0.2) is 32.0 Å². The number of hydrogen-bond acceptors (Lipinski definition) is 4. The largest absolute Gasteiger partial charge is 0.273 e. The molecular weight excluding hydrogens is 271 g/mol. The van der Waals surface area contributed by atoms with Gasteiger partial charge in [-0.1, -0.05) is 12.1 Å². The maximum atomic E-state index is 12.6. The standard InChI is InChI=1S/C12H13FN2O3S/c13-11-3-1-9(2-4-11)7-14-15-12(16)10-5-6-19(17,18)8-10/h1-4,7,10H,5-6,8H2,(H,15,16)/b14-7-/t10-/m1/s1. The van der Waals surface area contributed by atoms with E-state index in [1.807, 2.05) is 0 Å². The van der Waals surface area contributed by atoms with Gasteiger partial charge < -0.3 is 0 Å². The number of benzene rings is 1. The molecule has 1 N–H and O–H groups in total. The summed E-state index contributed by atoms with van der Waals surface area (Å²) in [7, 11) is -3.08. The van der Waals surface area contributed by atoms with Crippen molar-refractivity contribution in [2.75, 3.05) is 11.5 Å². The van der Waals surface area contributed by atoms with Crippen LogP contribution < -0.4 is 5.43 Å². The van der Waals surface area contributed by atoms with E-state index in [2.05, 4.69) is 10.5 Å². The minimum absolute atomic E-state index is 0.0484. The van der Waals surface area contributed by atoms with Gasteiger partial charge in [0.05, 0.1) is 23.6 Å². The van der Waals surface area contributed by atoms with Crippen LogP contribution in [0.3, 0.4) is 0 Å². The zero-order valence-electron chi connectivity index (χ0n) is 10.0. The van der Waals surface area contributed by atoms with E-state index < -0.39 is 21.7 Å². The van der Waals surface area contributed by atoms with E-state index in [4.69, 9.17) is 0 Å². The molecule has 0 unspecified atom stereocenters. The Hall–Kier alpha value is -1.76. The molecule has 1 aliphatic rings. The summed E-state index contributed by atoms with van der Waals surface area (Å²) in [5.74, 6) is -1.36. The minimum Gasteiger partial charge on any atom is -0.273 e. The lowest BCUT2D eigenvalue weighted by Crippen LogP contribution is -2.27. The van der Waals surface area contributed by atoms with Crippen LogP contribution in [0.4, 0.5) is 4.39 Å². The summed E-state index contributed by atoms with van der Waals surface area (Å²) < 4.78 is 35.1. The van der Waals surface area contributed by atoms with Gasteiger partial charge in [-0.15, -0.1) is 0 Å². The normalized spacial score (nSPS) is 21.6. The second-order valence-corrected chi connectivity index (χ2v) is 6.61. The predicted molar refractivity (Wildman–Crippen MR) is 68.9 cm³/mol. The van der Waals surface area contributed by atoms with Gasteiger partial charge in [-0.25, -0.2) is 18.2 Å². The molecule has 1 saturated heterocycles. The lowest BCUT2D eigenvalue weighted by molar-refractivity contribution is -0.124. The molecule has 1 aromatic rings. The number of hydrazone groups is 1. The zero-order chi connectivity index (χ0) is 13.9. The van der Waals surface area contributed by atoms with Crippen molar-refractivity contribution in [3.63, 3.8) is 0 Å². The van der Waals surface area contributed by atoms with Gasteiger partial charge in [0.15, 0.2) is 9.84 Å². The number of nitrogens with zero attached hydrogens (tertiary/aromatic N) is 1. The molecule has 1 heterocycles. The van der Waals surface area contributed by atoms with Gasteiger partial charge in [-0.3, -0.25) is 4.79 Å². The Kier molecular flexibility index (Phi) is 3.94. The summed E-state index contributed by atoms with van der Waals surface area (Å²) in [4.78, 5) is 11.6. The Morgan fingerprint density at radius 2 is 2.05 bits per heavy atom. The van der Waals surface area contributed by atoms with Crippen molar-refractivity contribution in [1.82, 2.24) is 5.43 Å². The number of nitrogens with one attached hydrogen (secondary N) is 1. The molecule has 0 aliphatic carbocycles. The van der Waals surface area contributed by atoms with Crippen molar-refractivity contribution in [3.05, 3.63) is 35.6 Å². The molecule has 1 atom stereocenters. The summed E-state index contributed by atoms with van der Waals surface area (Å²) in [6.07, 6.45) is 1.71. The van der Waals surface area contributed by atoms with Gasteiger partial charge in [-0.2, -0.15) is 5.10 Å². The van der Waals surface area contributed by atoms with Crippen LogP contribution in [-0.2, 0) is 14.6 Å². The average Bonchev–Trinajstić information content (AvgIpc) is 2.72. The van der Waals surface area contributed by atoms with E-state index in [0.717, 1.165) is 0 Å². The highest BCUT2D eigenvalue weighted by Crippen LogP contribution is 2.18. The van der Waals surface area contributed by atoms with Gasteiger partial charge >= 0.3 is 0 Å². The van der Waals surface area contributed by atoms with Gasteiger partial charge in [0, 0.05) is 0 Å². The Morgan fingerprint density at radius 1 is 1.37 bits per heavy atom. The average molecular weight is 284 g/mol. The molecule has 0 aromatic heterocycles. The Morgan fingerprint density at radius 3 is 2.63 bits per heavy atom. The van der Waals surface area contributed by atoms with Crippen molar-refractivity contribution >= 4 is 22.0 Å². The second kappa shape index (κ2) is 5.48. The number of halogens is 1. The third-order valence-corrected chi connectivity index (χ3v) is 4.63. The fraction of sp³-hybridized carbons (Fsp3) is 0.333. The predicted octanol–water partition coefficient (Wildman–Crippen LogP) is 0.710. The summed E-state index contributed by atoms with van der Waals surface area (Å²) in [5.41, 5.74) is 2.94. The van der Waals surface area contributed by atoms with Gasteiger partial charge in [0.1, 0.15) is 5.82 Å². The highest BCUT2D eigenvalue weighted by Gasteiger charge is 2.32. The first kappa shape index (κ1) is 13.7. The van der Waals surface area contributed by atoms with Crippen molar-refractivity contribution in [1.29, 1.82) is 0 Å². The van der Waals surface area contributed by atoms with E-state index in [-0.39, 0.29) is 17.3 Å². The second-order valence-electron chi connectivity index (χ2n) is 4.39. The van der Waals surface area contributed by atoms with Crippen molar-refractivity contribution in [2.45, 2.75) is 6.42 Å². The third-order valence-electron chi connectivity index (χ3n) is 2.86. The van der Waals surface area contributed by atoms with Crippen molar-refractivity contribution < 1.29 is 17.6 Å². The lowest BCUT2D eigenvalue weighted by atomic mass is 10.1. The first-order valence-corrected chi connectivity index (χ1v) is 7.57. The number of carbonyl (C=O) groups is 1. The van der Waals surface area contributed by atoms with Crippen LogP contribution in [0.25, 0.3) is 0 Å². The number of amides is 1. The zero-order valence-corrected chi connectivity index (χ0v) is 10.9. The first-order valence-electron chi connectivity index (χ1n) is 5.75. The smallest absolute Gasteiger partial charge is 0.244 e. The molecule has 1 aliphatic heterocycles. The molecule has 5 nitrogen and oxygen atoms in total. The van der Waals surface area contributed by atoms with Crippen LogP contribution in [0.15, 0.2) is 29.4 Å². The van der Waals surface area contributed by atoms with E-state index in [0.29, 0.717) is 12.0 Å². The SMILES string of the molecule is O=C(N/N=C\c1ccc(F)cc1)[C@@H]1CCS(=O)(=O)C1. The molecule has 0 bridgehead atoms. The van der Waals surface area contributed by atoms with Crippen LogP contribution in [0.1, 0.15) is 12.0 Å². The van der Waals surface area contributed by atoms with Crippen LogP contribution >= 0.6 is 0 Å². The summed E-state index contributed by atoms with van der Waals surface area (Å²) in [6.45, 7) is 0. The van der Waals surface area contributed by atoms with E-state index in [1.165, 1.54) is 30.5 Å². The third kappa shape index (κ3) is 3.85. The van der Waals surface area contributed by atoms with Crippen LogP contribution in [0, 0.1) is 11.7 Å². The number of rotatable bonds is 3. The maximum Gasteiger partial charge on any atom is 0.244 e. The monoisotopic (exact) mass is 284 g/mol. The number of hydrogen-bond donors (Lipinski definition) is 1. The minimum atomic E-state index is -3.08. The molecule has 2 rings (SSSR count). The summed E-state index contributed by atoms with van der Waals surface area (Å²) >= 11 is 0. The van der Waals surface area contributed by atoms with Crippen LogP contribution in [0.2, 0.25) is 0 Å². The highest BCUT2D eigenvalue weighted by molar-refractivity contribution is 7.91. The molecule has 1 aromatic carbocycles. The molecule has 0 saturated carbocycles. The lowest BCUT2D eigenvalue weighted by Gasteiger charge is -2.04. The number of carbonyl (C=O) groups excluding carboxylic acids is 1. The molecule has 1 amide bonds. The van der Waals surface area contributed by atoms with Gasteiger partial charge in [0.2, 0.25) is 5.91 Å². The van der Waals surface area contributed by atoms with E-state index in [1.54, 1.807) is 0 Å². The van der Waals surface area contributed by atoms with Gasteiger partial charge in [-0.05, 0) is 24.1 Å². The topological polar surface area (TPSA) is 75.6 Å². The molecule has 0 radical (unpaired) electrons. The number of sulfone groups is 1. The van der Waals surface area contributed by atoms with E-state index in [9.17, 15) is 17.6 Å². The molecule has 0 spiro atoms. The van der Waals surface area contributed by atoms with Gasteiger partial charge in [0.25, 0.3) is 0 Å². The Labute approximate surface area is 110 Å². The molecule has 7 heteroatoms. The summed E-state index contributed by atoms with van der Waals surface area (Å²) in [5, 5.41) is 3.72. The molecule has 19 heavy (non-hydrogen) atoms. The molecular formula is C12H13FN2O3S. The quantitative estimate of drug-likeness (QED) is 0.656. The van der Waals surface area contributed by atoms with Crippen molar-refractivity contribution in [3.8, 4) is 0 Å².